The molecule has 1 atom stereocenters. The molecule has 0 aliphatic carbocycles. The minimum atomic E-state index is -0.564. The first-order chi connectivity index (χ1) is 13.1. The van der Waals surface area contributed by atoms with Gasteiger partial charge >= 0.3 is 0 Å². The average molecular weight is 365 g/mol. The van der Waals surface area contributed by atoms with Gasteiger partial charge in [-0.05, 0) is 55.5 Å². The number of rotatable bonds is 5. The molecule has 1 fully saturated rings. The van der Waals surface area contributed by atoms with Gasteiger partial charge in [0.2, 0.25) is 0 Å². The molecule has 0 radical (unpaired) electrons. The Morgan fingerprint density at radius 2 is 1.59 bits per heavy atom. The Bertz CT molecular complexity index is 804. The van der Waals surface area contributed by atoms with Crippen LogP contribution in [0.15, 0.2) is 48.5 Å². The molecule has 140 valence electrons. The van der Waals surface area contributed by atoms with Gasteiger partial charge in [-0.1, -0.05) is 0 Å². The maximum Gasteiger partial charge on any atom is 0.263 e. The van der Waals surface area contributed by atoms with Crippen molar-refractivity contribution in [1.82, 2.24) is 4.90 Å². The van der Waals surface area contributed by atoms with E-state index in [9.17, 15) is 4.79 Å². The molecular formula is C21H23N3O3. The molecule has 1 aliphatic rings. The largest absolute Gasteiger partial charge is 0.497 e. The number of piperazine rings is 1. The molecule has 0 saturated carbocycles. The first-order valence-electron chi connectivity index (χ1n) is 8.95. The van der Waals surface area contributed by atoms with Crippen molar-refractivity contribution in [2.45, 2.75) is 13.0 Å². The highest BCUT2D eigenvalue weighted by Crippen LogP contribution is 2.21. The molecule has 1 saturated heterocycles. The Kier molecular flexibility index (Phi) is 5.82. The Labute approximate surface area is 159 Å². The smallest absolute Gasteiger partial charge is 0.263 e. The molecule has 1 amide bonds. The minimum Gasteiger partial charge on any atom is -0.497 e. The topological polar surface area (TPSA) is 65.8 Å². The second kappa shape index (κ2) is 8.45. The summed E-state index contributed by atoms with van der Waals surface area (Å²) in [5, 5.41) is 8.84. The minimum absolute atomic E-state index is 0.0197. The Morgan fingerprint density at radius 1 is 1.00 bits per heavy atom. The molecule has 2 aromatic carbocycles. The van der Waals surface area contributed by atoms with Gasteiger partial charge in [0.05, 0.1) is 18.7 Å². The summed E-state index contributed by atoms with van der Waals surface area (Å²) in [4.78, 5) is 16.8. The van der Waals surface area contributed by atoms with Gasteiger partial charge in [0.15, 0.2) is 6.10 Å². The number of ether oxygens (including phenoxy) is 2. The van der Waals surface area contributed by atoms with Crippen LogP contribution >= 0.6 is 0 Å². The highest BCUT2D eigenvalue weighted by Gasteiger charge is 2.26. The van der Waals surface area contributed by atoms with Crippen LogP contribution in [0, 0.1) is 11.3 Å². The molecule has 0 N–H and O–H groups in total. The summed E-state index contributed by atoms with van der Waals surface area (Å²) < 4.78 is 10.9. The lowest BCUT2D eigenvalue weighted by atomic mass is 10.2. The first kappa shape index (κ1) is 18.6. The molecule has 27 heavy (non-hydrogen) atoms. The van der Waals surface area contributed by atoms with Crippen LogP contribution in [0.2, 0.25) is 0 Å². The van der Waals surface area contributed by atoms with Crippen molar-refractivity contribution in [1.29, 1.82) is 5.26 Å². The number of methoxy groups -OCH3 is 1. The zero-order valence-electron chi connectivity index (χ0n) is 15.6. The lowest BCUT2D eigenvalue weighted by Crippen LogP contribution is -2.52. The van der Waals surface area contributed by atoms with Crippen LogP contribution in [0.3, 0.4) is 0 Å². The third-order valence-corrected chi connectivity index (χ3v) is 4.67. The Morgan fingerprint density at radius 3 is 2.15 bits per heavy atom. The molecular weight excluding hydrogens is 342 g/mol. The number of carbonyl (C=O) groups excluding carboxylic acids is 1. The second-order valence-corrected chi connectivity index (χ2v) is 6.41. The molecule has 1 unspecified atom stereocenters. The Balaban J connectivity index is 1.53. The third-order valence-electron chi connectivity index (χ3n) is 4.67. The van der Waals surface area contributed by atoms with E-state index >= 15 is 0 Å². The van der Waals surface area contributed by atoms with E-state index in [4.69, 9.17) is 14.7 Å². The normalized spacial score (nSPS) is 15.0. The maximum atomic E-state index is 12.7. The predicted molar refractivity (Wildman–Crippen MR) is 103 cm³/mol. The van der Waals surface area contributed by atoms with E-state index in [-0.39, 0.29) is 5.91 Å². The summed E-state index contributed by atoms with van der Waals surface area (Å²) in [7, 11) is 1.65. The molecule has 6 nitrogen and oxygen atoms in total. The number of nitrogens with zero attached hydrogens (tertiary/aromatic N) is 3. The van der Waals surface area contributed by atoms with Gasteiger partial charge in [-0.3, -0.25) is 4.79 Å². The number of hydrogen-bond acceptors (Lipinski definition) is 5. The number of nitriles is 1. The van der Waals surface area contributed by atoms with Crippen LogP contribution in [0.4, 0.5) is 5.69 Å². The summed E-state index contributed by atoms with van der Waals surface area (Å²) in [6.45, 7) is 4.64. The fourth-order valence-corrected chi connectivity index (χ4v) is 3.10. The van der Waals surface area contributed by atoms with Crippen LogP contribution in [0.25, 0.3) is 0 Å². The van der Waals surface area contributed by atoms with Gasteiger partial charge in [0.25, 0.3) is 5.91 Å². The van der Waals surface area contributed by atoms with Gasteiger partial charge in [0, 0.05) is 31.9 Å². The van der Waals surface area contributed by atoms with Gasteiger partial charge < -0.3 is 19.3 Å². The molecule has 6 heteroatoms. The van der Waals surface area contributed by atoms with Gasteiger partial charge in [-0.15, -0.1) is 0 Å². The number of hydrogen-bond donors (Lipinski definition) is 0. The highest BCUT2D eigenvalue weighted by molar-refractivity contribution is 5.81. The molecule has 1 aliphatic heterocycles. The summed E-state index contributed by atoms with van der Waals surface area (Å²) in [5.41, 5.74) is 1.70. The highest BCUT2D eigenvalue weighted by atomic mass is 16.5. The van der Waals surface area contributed by atoms with Crippen LogP contribution in [0.1, 0.15) is 12.5 Å². The van der Waals surface area contributed by atoms with Crippen molar-refractivity contribution in [3.05, 3.63) is 54.1 Å². The standard InChI is InChI=1S/C21H23N3O3/c1-16(27-20-7-3-17(15-22)4-8-20)21(25)24-13-11-23(12-14-24)18-5-9-19(26-2)10-6-18/h3-10,16H,11-14H2,1-2H3. The third kappa shape index (κ3) is 4.50. The quantitative estimate of drug-likeness (QED) is 0.815. The van der Waals surface area contributed by atoms with Crippen LogP contribution < -0.4 is 14.4 Å². The summed E-state index contributed by atoms with van der Waals surface area (Å²) in [5.74, 6) is 1.40. The Hall–Kier alpha value is -3.20. The predicted octanol–water partition coefficient (Wildman–Crippen LogP) is 2.68. The van der Waals surface area contributed by atoms with Crippen LogP contribution in [-0.4, -0.2) is 50.2 Å². The van der Waals surface area contributed by atoms with Crippen molar-refractivity contribution >= 4 is 11.6 Å². The van der Waals surface area contributed by atoms with Gasteiger partial charge in [-0.25, -0.2) is 0 Å². The molecule has 0 aromatic heterocycles. The summed E-state index contributed by atoms with van der Waals surface area (Å²) in [6, 6.07) is 16.8. The first-order valence-corrected chi connectivity index (χ1v) is 8.95. The zero-order chi connectivity index (χ0) is 19.2. The van der Waals surface area contributed by atoms with Crippen LogP contribution in [0.5, 0.6) is 11.5 Å². The number of anilines is 1. The zero-order valence-corrected chi connectivity index (χ0v) is 15.6. The fraction of sp³-hybridized carbons (Fsp3) is 0.333. The lowest BCUT2D eigenvalue weighted by Gasteiger charge is -2.37. The number of carbonyl (C=O) groups is 1. The van der Waals surface area contributed by atoms with E-state index in [2.05, 4.69) is 11.0 Å². The van der Waals surface area contributed by atoms with Crippen LogP contribution in [-0.2, 0) is 4.79 Å². The lowest BCUT2D eigenvalue weighted by molar-refractivity contribution is -0.138. The van der Waals surface area contributed by atoms with Crippen molar-refractivity contribution in [3.8, 4) is 17.6 Å². The fourth-order valence-electron chi connectivity index (χ4n) is 3.10. The summed E-state index contributed by atoms with van der Waals surface area (Å²) >= 11 is 0. The van der Waals surface area contributed by atoms with E-state index in [1.807, 2.05) is 29.2 Å². The molecule has 0 bridgehead atoms. The molecule has 1 heterocycles. The maximum absolute atomic E-state index is 12.7. The molecule has 2 aromatic rings. The van der Waals surface area contributed by atoms with E-state index in [1.165, 1.54) is 0 Å². The van der Waals surface area contributed by atoms with E-state index in [0.29, 0.717) is 24.4 Å². The van der Waals surface area contributed by atoms with Gasteiger partial charge in [-0.2, -0.15) is 5.26 Å². The van der Waals surface area contributed by atoms with Crippen molar-refractivity contribution < 1.29 is 14.3 Å². The van der Waals surface area contributed by atoms with E-state index < -0.39 is 6.10 Å². The average Bonchev–Trinajstić information content (AvgIpc) is 2.74. The van der Waals surface area contributed by atoms with Gasteiger partial charge in [0.1, 0.15) is 11.5 Å². The van der Waals surface area contributed by atoms with E-state index in [0.717, 1.165) is 24.5 Å². The number of benzene rings is 2. The SMILES string of the molecule is COc1ccc(N2CCN(C(=O)C(C)Oc3ccc(C#N)cc3)CC2)cc1. The van der Waals surface area contributed by atoms with Crippen molar-refractivity contribution in [3.63, 3.8) is 0 Å². The second-order valence-electron chi connectivity index (χ2n) is 6.41. The monoisotopic (exact) mass is 365 g/mol. The number of amides is 1. The van der Waals surface area contributed by atoms with Crippen molar-refractivity contribution in [2.75, 3.05) is 38.2 Å². The van der Waals surface area contributed by atoms with Crippen molar-refractivity contribution in [2.24, 2.45) is 0 Å². The molecule has 3 rings (SSSR count). The van der Waals surface area contributed by atoms with E-state index in [1.54, 1.807) is 38.3 Å². The summed E-state index contributed by atoms with van der Waals surface area (Å²) in [6.07, 6.45) is -0.564. The molecule has 0 spiro atoms.